The highest BCUT2D eigenvalue weighted by Crippen LogP contribution is 2.34. The number of hydrogen-bond donors (Lipinski definition) is 1. The summed E-state index contributed by atoms with van der Waals surface area (Å²) in [6.45, 7) is 0. The summed E-state index contributed by atoms with van der Waals surface area (Å²) >= 11 is 0. The fraction of sp³-hybridized carbons (Fsp3) is 0.182. The Balaban J connectivity index is 2.34. The lowest BCUT2D eigenvalue weighted by molar-refractivity contribution is -0.140. The van der Waals surface area contributed by atoms with Crippen LogP contribution in [0.25, 0.3) is 0 Å². The maximum absolute atomic E-state index is 13.1. The fourth-order valence-corrected chi connectivity index (χ4v) is 1.38. The van der Waals surface area contributed by atoms with Gasteiger partial charge in [-0.2, -0.15) is 23.1 Å². The minimum atomic E-state index is -4.85. The zero-order valence-corrected chi connectivity index (χ0v) is 10.5. The van der Waals surface area contributed by atoms with Gasteiger partial charge < -0.3 is 15.2 Å². The Morgan fingerprint density at radius 3 is 2.38 bits per heavy atom. The number of anilines is 1. The van der Waals surface area contributed by atoms with Crippen LogP contribution < -0.4 is 15.2 Å². The summed E-state index contributed by atoms with van der Waals surface area (Å²) in [6.07, 6.45) is -4.85. The number of halogens is 4. The van der Waals surface area contributed by atoms with Gasteiger partial charge in [-0.15, -0.1) is 4.98 Å². The molecule has 1 heterocycles. The molecule has 1 aromatic carbocycles. The van der Waals surface area contributed by atoms with Gasteiger partial charge in [-0.25, -0.2) is 4.39 Å². The molecule has 0 bridgehead atoms. The van der Waals surface area contributed by atoms with Crippen LogP contribution in [-0.2, 0) is 6.18 Å². The van der Waals surface area contributed by atoms with Gasteiger partial charge in [-0.1, -0.05) is 0 Å². The monoisotopic (exact) mass is 304 g/mol. The van der Waals surface area contributed by atoms with E-state index in [1.807, 2.05) is 0 Å². The van der Waals surface area contributed by atoms with Crippen LogP contribution in [0.5, 0.6) is 17.8 Å². The lowest BCUT2D eigenvalue weighted by Gasteiger charge is -2.10. The lowest BCUT2D eigenvalue weighted by atomic mass is 10.2. The second kappa shape index (κ2) is 5.38. The zero-order valence-electron chi connectivity index (χ0n) is 10.5. The van der Waals surface area contributed by atoms with E-state index < -0.39 is 17.6 Å². The van der Waals surface area contributed by atoms with E-state index >= 15 is 0 Å². The Kier molecular flexibility index (Phi) is 3.78. The van der Waals surface area contributed by atoms with Crippen LogP contribution in [0.3, 0.4) is 0 Å². The maximum atomic E-state index is 13.1. The molecule has 0 fully saturated rings. The average Bonchev–Trinajstić information content (AvgIpc) is 2.39. The Morgan fingerprint density at radius 2 is 1.76 bits per heavy atom. The molecule has 0 aliphatic rings. The Bertz CT molecular complexity index is 663. The van der Waals surface area contributed by atoms with E-state index in [9.17, 15) is 17.6 Å². The number of methoxy groups -OCH3 is 1. The number of aromatic nitrogens is 3. The fourth-order valence-electron chi connectivity index (χ4n) is 1.38. The number of benzene rings is 1. The summed E-state index contributed by atoms with van der Waals surface area (Å²) in [5, 5.41) is 0. The quantitative estimate of drug-likeness (QED) is 0.877. The molecule has 0 aliphatic carbocycles. The highest BCUT2D eigenvalue weighted by Gasteiger charge is 2.34. The number of nitrogens with zero attached hydrogens (tertiary/aromatic N) is 3. The molecule has 10 heteroatoms. The van der Waals surface area contributed by atoms with Crippen molar-refractivity contribution in [2.24, 2.45) is 0 Å². The molecule has 0 aliphatic heterocycles. The molecule has 0 atom stereocenters. The number of alkyl halides is 3. The van der Waals surface area contributed by atoms with Gasteiger partial charge in [-0.05, 0) is 18.2 Å². The summed E-state index contributed by atoms with van der Waals surface area (Å²) in [4.78, 5) is 10.8. The van der Waals surface area contributed by atoms with Gasteiger partial charge in [0.25, 0.3) is 0 Å². The van der Waals surface area contributed by atoms with Crippen LogP contribution in [0.15, 0.2) is 18.2 Å². The summed E-state index contributed by atoms with van der Waals surface area (Å²) in [5.41, 5.74) is 3.89. The van der Waals surface area contributed by atoms with Crippen molar-refractivity contribution in [2.45, 2.75) is 6.18 Å². The minimum Gasteiger partial charge on any atom is -0.467 e. The van der Waals surface area contributed by atoms with Crippen molar-refractivity contribution < 1.29 is 27.0 Å². The van der Waals surface area contributed by atoms with Crippen molar-refractivity contribution in [3.63, 3.8) is 0 Å². The molecule has 2 rings (SSSR count). The van der Waals surface area contributed by atoms with Gasteiger partial charge in [0.05, 0.1) is 12.7 Å². The zero-order chi connectivity index (χ0) is 15.6. The van der Waals surface area contributed by atoms with Crippen LogP contribution in [0.2, 0.25) is 0 Å². The third-order valence-electron chi connectivity index (χ3n) is 2.25. The topological polar surface area (TPSA) is 83.2 Å². The Hall–Kier alpha value is -2.65. The molecule has 2 N–H and O–H groups in total. The van der Waals surface area contributed by atoms with E-state index in [0.29, 0.717) is 12.1 Å². The van der Waals surface area contributed by atoms with Gasteiger partial charge >= 0.3 is 18.2 Å². The lowest BCUT2D eigenvalue weighted by Crippen LogP contribution is -2.08. The van der Waals surface area contributed by atoms with E-state index in [2.05, 4.69) is 15.0 Å². The summed E-state index contributed by atoms with van der Waals surface area (Å²) in [5.74, 6) is -1.96. The molecular weight excluding hydrogens is 296 g/mol. The first-order chi connectivity index (χ1) is 9.79. The highest BCUT2D eigenvalue weighted by molar-refractivity contribution is 5.34. The largest absolute Gasteiger partial charge is 0.467 e. The molecule has 0 saturated heterocycles. The second-order valence-corrected chi connectivity index (χ2v) is 3.70. The van der Waals surface area contributed by atoms with Crippen LogP contribution in [0.4, 0.5) is 23.5 Å². The maximum Gasteiger partial charge on any atom is 0.419 e. The molecule has 21 heavy (non-hydrogen) atoms. The molecule has 0 amide bonds. The van der Waals surface area contributed by atoms with Crippen molar-refractivity contribution >= 4 is 5.95 Å². The first-order valence-electron chi connectivity index (χ1n) is 5.39. The number of hydrogen-bond acceptors (Lipinski definition) is 6. The molecule has 0 radical (unpaired) electrons. The summed E-state index contributed by atoms with van der Waals surface area (Å²) in [7, 11) is 1.26. The normalized spacial score (nSPS) is 11.3. The first-order valence-corrected chi connectivity index (χ1v) is 5.39. The summed E-state index contributed by atoms with van der Waals surface area (Å²) < 4.78 is 60.6. The van der Waals surface area contributed by atoms with Crippen molar-refractivity contribution in [3.05, 3.63) is 29.6 Å². The molecule has 0 unspecified atom stereocenters. The van der Waals surface area contributed by atoms with Gasteiger partial charge in [0, 0.05) is 0 Å². The predicted molar refractivity (Wildman–Crippen MR) is 62.3 cm³/mol. The second-order valence-electron chi connectivity index (χ2n) is 3.70. The molecule has 0 saturated carbocycles. The molecule has 112 valence electrons. The predicted octanol–water partition coefficient (Wildman–Crippen LogP) is 2.41. The van der Waals surface area contributed by atoms with Crippen molar-refractivity contribution in [3.8, 4) is 17.8 Å². The van der Waals surface area contributed by atoms with E-state index in [-0.39, 0.29) is 23.7 Å². The molecule has 6 nitrogen and oxygen atoms in total. The van der Waals surface area contributed by atoms with Crippen molar-refractivity contribution in [2.75, 3.05) is 12.8 Å². The smallest absolute Gasteiger partial charge is 0.419 e. The molecule has 0 spiro atoms. The highest BCUT2D eigenvalue weighted by atomic mass is 19.4. The molecular formula is C11H8F4N4O2. The number of nitrogen functional groups attached to an aromatic ring is 1. The molecule has 1 aromatic heterocycles. The van der Waals surface area contributed by atoms with E-state index in [1.54, 1.807) is 0 Å². The van der Waals surface area contributed by atoms with Crippen LogP contribution in [0, 0.1) is 5.82 Å². The first kappa shape index (κ1) is 14.8. The average molecular weight is 304 g/mol. The van der Waals surface area contributed by atoms with E-state index in [1.165, 1.54) is 7.11 Å². The van der Waals surface area contributed by atoms with Crippen LogP contribution in [0.1, 0.15) is 5.56 Å². The Labute approximate surface area is 115 Å². The van der Waals surface area contributed by atoms with Gasteiger partial charge in [0.15, 0.2) is 0 Å². The molecule has 2 aromatic rings. The van der Waals surface area contributed by atoms with Gasteiger partial charge in [-0.3, -0.25) is 0 Å². The third-order valence-corrected chi connectivity index (χ3v) is 2.25. The van der Waals surface area contributed by atoms with Crippen molar-refractivity contribution in [1.82, 2.24) is 15.0 Å². The SMILES string of the molecule is COc1nc(N)nc(Oc2ccc(F)c(C(F)(F)F)c2)n1. The van der Waals surface area contributed by atoms with E-state index in [0.717, 1.165) is 6.07 Å². The van der Waals surface area contributed by atoms with Crippen LogP contribution >= 0.6 is 0 Å². The van der Waals surface area contributed by atoms with Crippen LogP contribution in [-0.4, -0.2) is 22.1 Å². The third kappa shape index (κ3) is 3.46. The van der Waals surface area contributed by atoms with Gasteiger partial charge in [0.1, 0.15) is 11.6 Å². The standard InChI is InChI=1S/C11H8F4N4O2/c1-20-9-17-8(16)18-10(19-9)21-5-2-3-7(12)6(4-5)11(13,14)15/h2-4H,1H3,(H2,16,17,18,19). The number of nitrogens with two attached hydrogens (primary N) is 1. The minimum absolute atomic E-state index is 0.171. The Morgan fingerprint density at radius 1 is 1.10 bits per heavy atom. The number of rotatable bonds is 3. The van der Waals surface area contributed by atoms with Crippen molar-refractivity contribution in [1.29, 1.82) is 0 Å². The van der Waals surface area contributed by atoms with E-state index in [4.69, 9.17) is 15.2 Å². The number of ether oxygens (including phenoxy) is 2. The summed E-state index contributed by atoms with van der Waals surface area (Å²) in [6, 6.07) is 1.56. The van der Waals surface area contributed by atoms with Gasteiger partial charge in [0.2, 0.25) is 5.95 Å².